The van der Waals surface area contributed by atoms with Crippen molar-refractivity contribution < 1.29 is 19.4 Å². The molecule has 3 aromatic rings. The normalized spacial score (nSPS) is 18.6. The second-order valence-electron chi connectivity index (χ2n) is 10.1. The highest BCUT2D eigenvalue weighted by Crippen LogP contribution is 2.39. The Bertz CT molecular complexity index is 1550. The molecule has 1 aromatic carbocycles. The molecule has 0 spiro atoms. The number of likely N-dealkylation sites (tertiary alicyclic amines) is 1. The van der Waals surface area contributed by atoms with E-state index in [9.17, 15) is 14.7 Å². The summed E-state index contributed by atoms with van der Waals surface area (Å²) >= 11 is 6.63. The number of nitrogens with two attached hydrogens (primary N) is 1. The SMILES string of the molecule is C=CC(=O)N1CC(n2nc(C#Cc3cc4nc(C)n(C5CC5)c4cc3Cl)c(C(N)=O)c2NCCO)C[C@@H]1COC. The van der Waals surface area contributed by atoms with Gasteiger partial charge in [0.25, 0.3) is 5.91 Å². The van der Waals surface area contributed by atoms with Crippen LogP contribution in [-0.2, 0) is 9.53 Å². The second-order valence-corrected chi connectivity index (χ2v) is 10.5. The highest BCUT2D eigenvalue weighted by Gasteiger charge is 2.38. The third kappa shape index (κ3) is 5.18. The van der Waals surface area contributed by atoms with E-state index in [4.69, 9.17) is 27.1 Å². The molecule has 12 heteroatoms. The number of nitrogens with zero attached hydrogens (tertiary/aromatic N) is 5. The smallest absolute Gasteiger partial charge is 0.255 e. The zero-order valence-electron chi connectivity index (χ0n) is 22.5. The number of aliphatic hydroxyl groups excluding tert-OH is 1. The van der Waals surface area contributed by atoms with Crippen molar-refractivity contribution >= 4 is 40.3 Å². The van der Waals surface area contributed by atoms with Gasteiger partial charge in [0.15, 0.2) is 5.69 Å². The number of rotatable bonds is 9. The minimum atomic E-state index is -0.721. The molecule has 2 aromatic heterocycles. The summed E-state index contributed by atoms with van der Waals surface area (Å²) in [5.74, 6) is 6.37. The topological polar surface area (TPSA) is 141 Å². The van der Waals surface area contributed by atoms with Crippen molar-refractivity contribution in [3.63, 3.8) is 0 Å². The van der Waals surface area contributed by atoms with Crippen LogP contribution >= 0.6 is 11.6 Å². The van der Waals surface area contributed by atoms with E-state index in [-0.39, 0.29) is 42.4 Å². The number of halogens is 1. The van der Waals surface area contributed by atoms with E-state index in [2.05, 4.69) is 33.4 Å². The average Bonchev–Trinajstić information content (AvgIpc) is 3.43. The molecule has 1 saturated heterocycles. The molecular formula is C28H32ClN7O4. The van der Waals surface area contributed by atoms with E-state index in [1.165, 1.54) is 6.08 Å². The predicted molar refractivity (Wildman–Crippen MR) is 151 cm³/mol. The summed E-state index contributed by atoms with van der Waals surface area (Å²) < 4.78 is 9.17. The number of carbonyl (C=O) groups is 2. The number of aryl methyl sites for hydroxylation is 1. The van der Waals surface area contributed by atoms with Crippen LogP contribution in [0.4, 0.5) is 5.82 Å². The van der Waals surface area contributed by atoms with Gasteiger partial charge >= 0.3 is 0 Å². The minimum absolute atomic E-state index is 0.101. The highest BCUT2D eigenvalue weighted by atomic mass is 35.5. The number of imidazole rings is 1. The fourth-order valence-electron chi connectivity index (χ4n) is 5.42. The summed E-state index contributed by atoms with van der Waals surface area (Å²) in [6.45, 7) is 6.23. The van der Waals surface area contributed by atoms with Gasteiger partial charge < -0.3 is 30.4 Å². The lowest BCUT2D eigenvalue weighted by Gasteiger charge is -2.22. The molecular weight excluding hydrogens is 534 g/mol. The van der Waals surface area contributed by atoms with Crippen LogP contribution in [0, 0.1) is 18.8 Å². The van der Waals surface area contributed by atoms with Crippen molar-refractivity contribution in [3.8, 4) is 11.8 Å². The Morgan fingerprint density at radius 1 is 1.32 bits per heavy atom. The largest absolute Gasteiger partial charge is 0.395 e. The molecule has 1 aliphatic carbocycles. The van der Waals surface area contributed by atoms with Gasteiger partial charge in [-0.05, 0) is 50.3 Å². The van der Waals surface area contributed by atoms with Crippen LogP contribution in [0.2, 0.25) is 5.02 Å². The molecule has 1 saturated carbocycles. The minimum Gasteiger partial charge on any atom is -0.395 e. The number of aliphatic hydroxyl groups is 1. The molecule has 2 fully saturated rings. The number of amides is 2. The van der Waals surface area contributed by atoms with Crippen molar-refractivity contribution in [2.45, 2.75) is 44.3 Å². The molecule has 0 radical (unpaired) electrons. The van der Waals surface area contributed by atoms with E-state index in [1.807, 2.05) is 19.1 Å². The van der Waals surface area contributed by atoms with E-state index in [0.717, 1.165) is 29.7 Å². The predicted octanol–water partition coefficient (Wildman–Crippen LogP) is 2.41. The van der Waals surface area contributed by atoms with Crippen LogP contribution in [0.5, 0.6) is 0 Å². The first-order chi connectivity index (χ1) is 19.3. The Hall–Kier alpha value is -3.85. The second kappa shape index (κ2) is 11.3. The maximum atomic E-state index is 12.6. The molecule has 1 aliphatic heterocycles. The summed E-state index contributed by atoms with van der Waals surface area (Å²) in [7, 11) is 1.57. The number of benzene rings is 1. The number of hydrogen-bond donors (Lipinski definition) is 3. The van der Waals surface area contributed by atoms with Gasteiger partial charge in [-0.15, -0.1) is 0 Å². The van der Waals surface area contributed by atoms with Gasteiger partial charge in [0.05, 0.1) is 41.4 Å². The third-order valence-corrected chi connectivity index (χ3v) is 7.61. The molecule has 210 valence electrons. The van der Waals surface area contributed by atoms with Crippen LogP contribution in [0.15, 0.2) is 24.8 Å². The first-order valence-electron chi connectivity index (χ1n) is 13.2. The lowest BCUT2D eigenvalue weighted by molar-refractivity contribution is -0.127. The molecule has 2 amide bonds. The molecule has 2 atom stereocenters. The van der Waals surface area contributed by atoms with Crippen LogP contribution in [0.1, 0.15) is 58.8 Å². The zero-order chi connectivity index (χ0) is 28.6. The van der Waals surface area contributed by atoms with Gasteiger partial charge in [-0.3, -0.25) is 9.59 Å². The van der Waals surface area contributed by atoms with Crippen LogP contribution in [0.25, 0.3) is 11.0 Å². The number of primary amides is 1. The average molecular weight is 566 g/mol. The zero-order valence-corrected chi connectivity index (χ0v) is 23.2. The molecule has 2 aliphatic rings. The molecule has 1 unspecified atom stereocenters. The van der Waals surface area contributed by atoms with Crippen LogP contribution in [0.3, 0.4) is 0 Å². The Labute approximate surface area is 236 Å². The molecule has 4 N–H and O–H groups in total. The first kappa shape index (κ1) is 27.7. The monoisotopic (exact) mass is 565 g/mol. The number of fused-ring (bicyclic) bond motifs is 1. The summed E-state index contributed by atoms with van der Waals surface area (Å²) in [6.07, 6.45) is 4.05. The number of anilines is 1. The summed E-state index contributed by atoms with van der Waals surface area (Å²) in [5, 5.41) is 17.7. The van der Waals surface area contributed by atoms with E-state index in [1.54, 1.807) is 16.7 Å². The van der Waals surface area contributed by atoms with Crippen molar-refractivity contribution in [1.29, 1.82) is 0 Å². The summed E-state index contributed by atoms with van der Waals surface area (Å²) in [6, 6.07) is 3.68. The maximum Gasteiger partial charge on any atom is 0.255 e. The van der Waals surface area contributed by atoms with Gasteiger partial charge in [0.1, 0.15) is 17.2 Å². The fraction of sp³-hybridized carbons (Fsp3) is 0.429. The van der Waals surface area contributed by atoms with E-state index in [0.29, 0.717) is 42.0 Å². The standard InChI is InChI=1S/C28H32ClN7O4/c1-4-25(38)34-14-19(12-20(34)15-40-3)36-28(31-9-10-37)26(27(30)39)22(33-36)8-5-17-11-23-24(13-21(17)29)35(16(2)32-23)18-6-7-18/h4,11,13,18-20,31,37H,1,6-7,9-10,12,14-15H2,2-3H3,(H2,30,39)/t19?,20-/m1/s1. The van der Waals surface area contributed by atoms with Gasteiger partial charge in [-0.25, -0.2) is 9.67 Å². The maximum absolute atomic E-state index is 12.6. The van der Waals surface area contributed by atoms with Crippen molar-refractivity contribution in [3.05, 3.63) is 52.5 Å². The Morgan fingerprint density at radius 3 is 2.75 bits per heavy atom. The molecule has 0 bridgehead atoms. The van der Waals surface area contributed by atoms with Gasteiger partial charge in [-0.2, -0.15) is 5.10 Å². The van der Waals surface area contributed by atoms with Gasteiger partial charge in [0, 0.05) is 31.8 Å². The highest BCUT2D eigenvalue weighted by molar-refractivity contribution is 6.32. The van der Waals surface area contributed by atoms with E-state index >= 15 is 0 Å². The first-order valence-corrected chi connectivity index (χ1v) is 13.5. The van der Waals surface area contributed by atoms with Crippen molar-refractivity contribution in [1.82, 2.24) is 24.2 Å². The third-order valence-electron chi connectivity index (χ3n) is 7.30. The number of carbonyl (C=O) groups excluding carboxylic acids is 2. The molecule has 11 nitrogen and oxygen atoms in total. The van der Waals surface area contributed by atoms with Crippen LogP contribution in [-0.4, -0.2) is 80.6 Å². The van der Waals surface area contributed by atoms with Crippen molar-refractivity contribution in [2.24, 2.45) is 5.73 Å². The van der Waals surface area contributed by atoms with Crippen LogP contribution < -0.4 is 11.1 Å². The molecule has 40 heavy (non-hydrogen) atoms. The number of methoxy groups -OCH3 is 1. The van der Waals surface area contributed by atoms with Crippen molar-refractivity contribution in [2.75, 3.05) is 38.7 Å². The van der Waals surface area contributed by atoms with Gasteiger partial charge in [-0.1, -0.05) is 24.1 Å². The number of aromatic nitrogens is 4. The number of nitrogens with one attached hydrogen (secondary N) is 1. The Kier molecular flexibility index (Phi) is 7.85. The lowest BCUT2D eigenvalue weighted by Crippen LogP contribution is -2.37. The molecule has 3 heterocycles. The fourth-order valence-corrected chi connectivity index (χ4v) is 5.63. The number of hydrogen-bond acceptors (Lipinski definition) is 7. The summed E-state index contributed by atoms with van der Waals surface area (Å²) in [5.41, 5.74) is 8.38. The number of ether oxygens (including phenoxy) is 1. The molecule has 5 rings (SSSR count). The quantitative estimate of drug-likeness (QED) is 0.267. The lowest BCUT2D eigenvalue weighted by atomic mass is 10.1. The Balaban J connectivity index is 1.55. The Morgan fingerprint density at radius 2 is 2.10 bits per heavy atom. The summed E-state index contributed by atoms with van der Waals surface area (Å²) in [4.78, 5) is 31.5. The van der Waals surface area contributed by atoms with E-state index < -0.39 is 5.91 Å². The van der Waals surface area contributed by atoms with Gasteiger partial charge in [0.2, 0.25) is 5.91 Å².